The molecule has 0 aromatic carbocycles. The van der Waals surface area contributed by atoms with E-state index in [-0.39, 0.29) is 6.61 Å². The number of aliphatic hydroxyl groups excluding tert-OH is 1. The summed E-state index contributed by atoms with van der Waals surface area (Å²) in [6, 6.07) is 0. The summed E-state index contributed by atoms with van der Waals surface area (Å²) < 4.78 is 1.22. The molecular formula is C9H17IN4O. The molecule has 0 unspecified atom stereocenters. The van der Waals surface area contributed by atoms with Crippen molar-refractivity contribution in [2.45, 2.75) is 13.5 Å². The summed E-state index contributed by atoms with van der Waals surface area (Å²) in [7, 11) is 3.67. The lowest BCUT2D eigenvalue weighted by Gasteiger charge is -2.14. The molecule has 0 aliphatic heterocycles. The number of nitrogen functional groups attached to an aromatic ring is 1. The first-order valence-electron chi connectivity index (χ1n) is 4.51. The highest BCUT2D eigenvalue weighted by atomic mass is 127. The molecule has 0 bridgehead atoms. The van der Waals surface area contributed by atoms with Crippen LogP contribution in [-0.4, -0.2) is 33.6 Å². The molecule has 0 aliphatic carbocycles. The molecule has 15 heavy (non-hydrogen) atoms. The van der Waals surface area contributed by atoms with E-state index in [0.29, 0.717) is 17.2 Å². The minimum absolute atomic E-state index is 0.139. The van der Waals surface area contributed by atoms with Crippen molar-refractivity contribution >= 4 is 34.2 Å². The smallest absolute Gasteiger partial charge is 0.139 e. The zero-order valence-electron chi connectivity index (χ0n) is 9.24. The molecule has 1 aromatic heterocycles. The molecule has 0 atom stereocenters. The van der Waals surface area contributed by atoms with Gasteiger partial charge in [-0.15, -0.1) is 0 Å². The summed E-state index contributed by atoms with van der Waals surface area (Å²) >= 11 is 2.29. The first-order valence-corrected chi connectivity index (χ1v) is 6.04. The predicted octanol–water partition coefficient (Wildman–Crippen LogP) is 1.06. The summed E-state index contributed by atoms with van der Waals surface area (Å²) in [5, 5.41) is 8.96. The standard InChI is InChI=1S/C7H12N4O.C2H5I/c1-11(2)7-5(3-12)6(8)9-4-10-7;1-2-3/h4,12H,3H2,1-2H3,(H2,8,9,10);2H2,1H3. The van der Waals surface area contributed by atoms with Gasteiger partial charge in [-0.05, 0) is 4.43 Å². The summed E-state index contributed by atoms with van der Waals surface area (Å²) in [6.45, 7) is 1.97. The van der Waals surface area contributed by atoms with Crippen LogP contribution in [0.15, 0.2) is 6.33 Å². The highest BCUT2D eigenvalue weighted by Gasteiger charge is 2.08. The average Bonchev–Trinajstić information content (AvgIpc) is 2.18. The van der Waals surface area contributed by atoms with Crippen molar-refractivity contribution in [2.75, 3.05) is 29.2 Å². The second-order valence-electron chi connectivity index (χ2n) is 2.88. The molecule has 0 fully saturated rings. The highest BCUT2D eigenvalue weighted by molar-refractivity contribution is 14.1. The van der Waals surface area contributed by atoms with Crippen molar-refractivity contribution in [2.24, 2.45) is 0 Å². The van der Waals surface area contributed by atoms with E-state index in [1.807, 2.05) is 14.1 Å². The van der Waals surface area contributed by atoms with Crippen LogP contribution in [0.2, 0.25) is 0 Å². The fraction of sp³-hybridized carbons (Fsp3) is 0.556. The lowest BCUT2D eigenvalue weighted by Crippen LogP contribution is -2.15. The minimum atomic E-state index is -0.139. The predicted molar refractivity (Wildman–Crippen MR) is 71.3 cm³/mol. The minimum Gasteiger partial charge on any atom is -0.391 e. The Morgan fingerprint density at radius 2 is 2.00 bits per heavy atom. The molecule has 0 aliphatic rings. The average molecular weight is 324 g/mol. The number of hydrogen-bond acceptors (Lipinski definition) is 5. The Bertz CT molecular complexity index is 293. The number of aromatic nitrogens is 2. The van der Waals surface area contributed by atoms with Crippen LogP contribution in [0.25, 0.3) is 0 Å². The first kappa shape index (κ1) is 14.4. The molecule has 0 saturated carbocycles. The van der Waals surface area contributed by atoms with Crippen LogP contribution in [0, 0.1) is 0 Å². The number of alkyl halides is 1. The van der Waals surface area contributed by atoms with Crippen LogP contribution < -0.4 is 10.6 Å². The molecule has 3 N–H and O–H groups in total. The van der Waals surface area contributed by atoms with Gasteiger partial charge in [-0.1, -0.05) is 29.5 Å². The molecule has 6 heteroatoms. The van der Waals surface area contributed by atoms with Gasteiger partial charge in [0, 0.05) is 14.1 Å². The highest BCUT2D eigenvalue weighted by Crippen LogP contribution is 2.18. The number of hydrogen-bond donors (Lipinski definition) is 2. The van der Waals surface area contributed by atoms with E-state index >= 15 is 0 Å². The largest absolute Gasteiger partial charge is 0.391 e. The normalized spacial score (nSPS) is 9.13. The van der Waals surface area contributed by atoms with Crippen molar-refractivity contribution in [3.8, 4) is 0 Å². The molecule has 86 valence electrons. The molecule has 0 saturated heterocycles. The summed E-state index contributed by atoms with van der Waals surface area (Å²) in [5.74, 6) is 0.987. The number of nitrogens with two attached hydrogens (primary N) is 1. The van der Waals surface area contributed by atoms with Crippen molar-refractivity contribution in [3.05, 3.63) is 11.9 Å². The molecule has 0 radical (unpaired) electrons. The van der Waals surface area contributed by atoms with E-state index in [2.05, 4.69) is 39.5 Å². The Morgan fingerprint density at radius 1 is 1.47 bits per heavy atom. The van der Waals surface area contributed by atoms with E-state index in [9.17, 15) is 0 Å². The van der Waals surface area contributed by atoms with Gasteiger partial charge in [-0.3, -0.25) is 0 Å². The third-order valence-corrected chi connectivity index (χ3v) is 1.54. The summed E-state index contributed by atoms with van der Waals surface area (Å²) in [5.41, 5.74) is 6.10. The van der Waals surface area contributed by atoms with E-state index in [1.54, 1.807) is 4.90 Å². The first-order chi connectivity index (χ1) is 7.08. The maximum absolute atomic E-state index is 8.96. The Hall–Kier alpha value is -0.630. The van der Waals surface area contributed by atoms with Crippen LogP contribution in [0.4, 0.5) is 11.6 Å². The quantitative estimate of drug-likeness (QED) is 0.628. The van der Waals surface area contributed by atoms with Crippen molar-refractivity contribution in [1.82, 2.24) is 9.97 Å². The topological polar surface area (TPSA) is 75.3 Å². The number of aliphatic hydroxyl groups is 1. The van der Waals surface area contributed by atoms with Gasteiger partial charge in [0.15, 0.2) is 0 Å². The molecule has 1 rings (SSSR count). The molecule has 0 spiro atoms. The monoisotopic (exact) mass is 324 g/mol. The third-order valence-electron chi connectivity index (χ3n) is 1.54. The van der Waals surface area contributed by atoms with E-state index < -0.39 is 0 Å². The fourth-order valence-electron chi connectivity index (χ4n) is 0.953. The lowest BCUT2D eigenvalue weighted by molar-refractivity contribution is 0.282. The Labute approximate surface area is 104 Å². The van der Waals surface area contributed by atoms with Gasteiger partial charge >= 0.3 is 0 Å². The molecule has 1 aromatic rings. The van der Waals surface area contributed by atoms with Gasteiger partial charge in [0.05, 0.1) is 12.2 Å². The maximum atomic E-state index is 8.96. The van der Waals surface area contributed by atoms with E-state index in [1.165, 1.54) is 10.8 Å². The lowest BCUT2D eigenvalue weighted by atomic mass is 10.3. The Morgan fingerprint density at radius 3 is 2.33 bits per heavy atom. The van der Waals surface area contributed by atoms with Crippen molar-refractivity contribution in [3.63, 3.8) is 0 Å². The summed E-state index contributed by atoms with van der Waals surface area (Å²) in [6.07, 6.45) is 1.38. The zero-order valence-corrected chi connectivity index (χ0v) is 11.4. The van der Waals surface area contributed by atoms with E-state index in [0.717, 1.165) is 0 Å². The Kier molecular flexibility index (Phi) is 7.31. The van der Waals surface area contributed by atoms with Crippen LogP contribution in [-0.2, 0) is 6.61 Å². The van der Waals surface area contributed by atoms with Crippen LogP contribution >= 0.6 is 22.6 Å². The molecule has 5 nitrogen and oxygen atoms in total. The van der Waals surface area contributed by atoms with Gasteiger partial charge in [0.25, 0.3) is 0 Å². The van der Waals surface area contributed by atoms with Gasteiger partial charge < -0.3 is 15.7 Å². The molecular weight excluding hydrogens is 307 g/mol. The van der Waals surface area contributed by atoms with Crippen LogP contribution in [0.5, 0.6) is 0 Å². The molecule has 1 heterocycles. The van der Waals surface area contributed by atoms with E-state index in [4.69, 9.17) is 10.8 Å². The second kappa shape index (κ2) is 7.63. The second-order valence-corrected chi connectivity index (χ2v) is 4.41. The maximum Gasteiger partial charge on any atom is 0.139 e. The molecule has 0 amide bonds. The van der Waals surface area contributed by atoms with Gasteiger partial charge in [0.1, 0.15) is 18.0 Å². The summed E-state index contributed by atoms with van der Waals surface area (Å²) in [4.78, 5) is 9.54. The SMILES string of the molecule is CCI.CN(C)c1ncnc(N)c1CO. The van der Waals surface area contributed by atoms with Crippen molar-refractivity contribution in [1.29, 1.82) is 0 Å². The van der Waals surface area contributed by atoms with Gasteiger partial charge in [-0.2, -0.15) is 0 Å². The third kappa shape index (κ3) is 4.61. The van der Waals surface area contributed by atoms with Gasteiger partial charge in [0.2, 0.25) is 0 Å². The fourth-order valence-corrected chi connectivity index (χ4v) is 0.953. The van der Waals surface area contributed by atoms with Gasteiger partial charge in [-0.25, -0.2) is 9.97 Å². The number of halogens is 1. The number of rotatable bonds is 2. The van der Waals surface area contributed by atoms with Crippen LogP contribution in [0.1, 0.15) is 12.5 Å². The number of anilines is 2. The van der Waals surface area contributed by atoms with Crippen molar-refractivity contribution < 1.29 is 5.11 Å². The zero-order chi connectivity index (χ0) is 11.8. The Balaban J connectivity index is 0.000000583. The van der Waals surface area contributed by atoms with Crippen LogP contribution in [0.3, 0.4) is 0 Å². The number of nitrogens with zero attached hydrogens (tertiary/aromatic N) is 3.